The smallest absolute Gasteiger partial charge is 0.322 e. The van der Waals surface area contributed by atoms with Crippen LogP contribution in [0.3, 0.4) is 0 Å². The molecule has 1 fully saturated rings. The molecule has 4 atom stereocenters. The van der Waals surface area contributed by atoms with Gasteiger partial charge in [0.15, 0.2) is 0 Å². The van der Waals surface area contributed by atoms with Crippen LogP contribution in [0.4, 0.5) is 22.3 Å². The minimum Gasteiger partial charge on any atom is -0.408 e. The number of aliphatic hydroxyl groups excluding tert-OH is 2. The topological polar surface area (TPSA) is 269 Å². The van der Waals surface area contributed by atoms with E-state index in [2.05, 4.69) is 62.1 Å². The maximum absolute atomic E-state index is 13.8. The largest absolute Gasteiger partial charge is 0.408 e. The monoisotopic (exact) mass is 1050 g/mol. The van der Waals surface area contributed by atoms with Crippen molar-refractivity contribution in [1.29, 1.82) is 0 Å². The van der Waals surface area contributed by atoms with Crippen LogP contribution in [0.15, 0.2) is 118 Å². The quantitative estimate of drug-likeness (QED) is 0.0231. The van der Waals surface area contributed by atoms with Crippen molar-refractivity contribution in [3.63, 3.8) is 0 Å². The van der Waals surface area contributed by atoms with Crippen LogP contribution in [0.5, 0.6) is 0 Å². The van der Waals surface area contributed by atoms with E-state index in [0.29, 0.717) is 73.4 Å². The Morgan fingerprint density at radius 2 is 1.11 bits per heavy atom. The first kappa shape index (κ1) is 52.3. The highest BCUT2D eigenvalue weighted by Crippen LogP contribution is 2.40. The Hall–Kier alpha value is -7.59. The van der Waals surface area contributed by atoms with Crippen molar-refractivity contribution in [2.24, 2.45) is 11.8 Å². The highest BCUT2D eigenvalue weighted by molar-refractivity contribution is 7.15. The molecule has 1 aliphatic carbocycles. The molecule has 0 radical (unpaired) electrons. The molecule has 1 saturated carbocycles. The van der Waals surface area contributed by atoms with E-state index in [1.165, 1.54) is 22.7 Å². The van der Waals surface area contributed by atoms with E-state index in [9.17, 15) is 24.6 Å². The van der Waals surface area contributed by atoms with Crippen molar-refractivity contribution in [2.45, 2.75) is 109 Å². The van der Waals surface area contributed by atoms with Crippen LogP contribution in [0.1, 0.15) is 102 Å². The zero-order valence-corrected chi connectivity index (χ0v) is 42.8. The fraction of sp³-hybridized carbons (Fsp3) is 0.352. The van der Waals surface area contributed by atoms with Crippen molar-refractivity contribution in [2.75, 3.05) is 21.3 Å². The third-order valence-electron chi connectivity index (χ3n) is 12.8. The Morgan fingerprint density at radius 1 is 0.560 bits per heavy atom. The molecular formula is C54H58N12O7S2. The maximum atomic E-state index is 13.8. The summed E-state index contributed by atoms with van der Waals surface area (Å²) in [5.41, 5.74) is 5.15. The normalized spacial score (nSPS) is 15.2. The first-order valence-corrected chi connectivity index (χ1v) is 26.9. The first-order chi connectivity index (χ1) is 36.6. The lowest BCUT2D eigenvalue weighted by molar-refractivity contribution is -0.124. The molecule has 0 bridgehead atoms. The van der Waals surface area contributed by atoms with Crippen LogP contribution >= 0.6 is 22.7 Å². The average Bonchev–Trinajstić information content (AvgIpc) is 4.27. The van der Waals surface area contributed by atoms with Crippen LogP contribution < -0.4 is 21.3 Å². The fourth-order valence-corrected chi connectivity index (χ4v) is 10.7. The third-order valence-corrected chi connectivity index (χ3v) is 14.6. The Kier molecular flexibility index (Phi) is 18.2. The Morgan fingerprint density at radius 3 is 1.77 bits per heavy atom. The first-order valence-electron chi connectivity index (χ1n) is 25.3. The second-order valence-corrected chi connectivity index (χ2v) is 20.6. The number of benzene rings is 4. The van der Waals surface area contributed by atoms with Crippen LogP contribution in [-0.2, 0) is 59.3 Å². The van der Waals surface area contributed by atoms with Gasteiger partial charge in [-0.3, -0.25) is 25.0 Å². The zero-order chi connectivity index (χ0) is 51.8. The number of aliphatic hydroxyl groups is 2. The summed E-state index contributed by atoms with van der Waals surface area (Å²) in [6, 6.07) is 34.6. The summed E-state index contributed by atoms with van der Waals surface area (Å²) < 4.78 is 11.3. The number of unbranched alkanes of at least 4 members (excludes halogenated alkanes) is 2. The van der Waals surface area contributed by atoms with Crippen molar-refractivity contribution < 1.29 is 33.4 Å². The maximum Gasteiger partial charge on any atom is 0.322 e. The lowest BCUT2D eigenvalue weighted by atomic mass is 9.74. The second kappa shape index (κ2) is 26.1. The summed E-state index contributed by atoms with van der Waals surface area (Å²) in [5, 5.41) is 69.5. The predicted octanol–water partition coefficient (Wildman–Crippen LogP) is 8.77. The van der Waals surface area contributed by atoms with Crippen LogP contribution in [0, 0.1) is 11.8 Å². The van der Waals surface area contributed by atoms with Crippen LogP contribution in [0.25, 0.3) is 11.1 Å². The number of nitrogens with one attached hydrogen (secondary N) is 4. The number of nitrogens with zero attached hydrogens (tertiary/aromatic N) is 8. The van der Waals surface area contributed by atoms with Gasteiger partial charge in [-0.25, -0.2) is 0 Å². The Labute approximate surface area is 441 Å². The van der Waals surface area contributed by atoms with Crippen LogP contribution in [-0.4, -0.2) is 75.0 Å². The highest BCUT2D eigenvalue weighted by Gasteiger charge is 2.37. The van der Waals surface area contributed by atoms with Gasteiger partial charge in [0, 0.05) is 43.9 Å². The number of aryl methyl sites for hydroxylation is 4. The molecule has 21 heteroatoms. The van der Waals surface area contributed by atoms with Gasteiger partial charge < -0.3 is 29.7 Å². The average molecular weight is 1050 g/mol. The molecule has 4 aromatic carbocycles. The molecule has 3 amide bonds. The predicted molar refractivity (Wildman–Crippen MR) is 283 cm³/mol. The van der Waals surface area contributed by atoms with Gasteiger partial charge in [0.2, 0.25) is 39.8 Å². The summed E-state index contributed by atoms with van der Waals surface area (Å²) in [5.74, 6) is -0.632. The van der Waals surface area contributed by atoms with Gasteiger partial charge >= 0.3 is 12.0 Å². The van der Waals surface area contributed by atoms with E-state index in [1.54, 1.807) is 0 Å². The van der Waals surface area contributed by atoms with E-state index in [4.69, 9.17) is 8.83 Å². The molecule has 8 aromatic rings. The number of aromatic nitrogens is 8. The minimum absolute atomic E-state index is 0.0119. The van der Waals surface area contributed by atoms with E-state index in [-0.39, 0.29) is 48.5 Å². The lowest BCUT2D eigenvalue weighted by Crippen LogP contribution is -2.35. The second-order valence-electron chi connectivity index (χ2n) is 18.5. The van der Waals surface area contributed by atoms with Crippen molar-refractivity contribution in [3.8, 4) is 11.1 Å². The number of hydrogen-bond acceptors (Lipinski definition) is 18. The molecule has 9 rings (SSSR count). The van der Waals surface area contributed by atoms with Crippen molar-refractivity contribution in [1.82, 2.24) is 40.8 Å². The SMILES string of the molecule is O=C(Cc1ccccc1)Nc1nnc(CCCCc2nnc(NC(=O)Cc3cccc(-c4cccc(C(O)[C@@H]5CCCC[C@H]5C(=O)Nc5nnc(CCCCc6nnc(NC(O)Cc7ccccc7)s6)s5)c4)c3)o2)o1. The van der Waals surface area contributed by atoms with E-state index in [1.807, 2.05) is 109 Å². The molecular weight excluding hydrogens is 993 g/mol. The number of anilines is 4. The van der Waals surface area contributed by atoms with Gasteiger partial charge in [0.1, 0.15) is 16.2 Å². The number of amides is 3. The summed E-state index contributed by atoms with van der Waals surface area (Å²) in [4.78, 5) is 39.3. The van der Waals surface area contributed by atoms with Gasteiger partial charge in [-0.1, -0.05) is 149 Å². The van der Waals surface area contributed by atoms with E-state index >= 15 is 0 Å². The summed E-state index contributed by atoms with van der Waals surface area (Å²) >= 11 is 2.81. The third kappa shape index (κ3) is 15.5. The zero-order valence-electron chi connectivity index (χ0n) is 41.1. The molecule has 2 unspecified atom stereocenters. The van der Waals surface area contributed by atoms with Gasteiger partial charge in [-0.15, -0.1) is 30.6 Å². The van der Waals surface area contributed by atoms with Gasteiger partial charge in [0.25, 0.3) is 0 Å². The molecule has 75 heavy (non-hydrogen) atoms. The molecule has 388 valence electrons. The Balaban J connectivity index is 0.698. The van der Waals surface area contributed by atoms with Gasteiger partial charge in [0.05, 0.1) is 18.9 Å². The molecule has 0 saturated heterocycles. The number of carbonyl (C=O) groups excluding carboxylic acids is 3. The summed E-state index contributed by atoms with van der Waals surface area (Å²) in [6.45, 7) is 0. The molecule has 6 N–H and O–H groups in total. The fourth-order valence-electron chi connectivity index (χ4n) is 9.13. The lowest BCUT2D eigenvalue weighted by Gasteiger charge is -2.34. The number of hydrogen-bond donors (Lipinski definition) is 6. The molecule has 4 heterocycles. The molecule has 4 aromatic heterocycles. The summed E-state index contributed by atoms with van der Waals surface area (Å²) in [7, 11) is 0. The molecule has 0 aliphatic heterocycles. The highest BCUT2D eigenvalue weighted by atomic mass is 32.1. The van der Waals surface area contributed by atoms with E-state index < -0.39 is 18.2 Å². The van der Waals surface area contributed by atoms with Crippen LogP contribution in [0.2, 0.25) is 0 Å². The minimum atomic E-state index is -0.872. The molecule has 19 nitrogen and oxygen atoms in total. The van der Waals surface area contributed by atoms with Gasteiger partial charge in [-0.05, 0) is 78.0 Å². The Bertz CT molecular complexity index is 3110. The number of carbonyl (C=O) groups is 3. The van der Waals surface area contributed by atoms with Crippen molar-refractivity contribution >= 4 is 62.7 Å². The molecule has 1 aliphatic rings. The van der Waals surface area contributed by atoms with Crippen molar-refractivity contribution in [3.05, 3.63) is 153 Å². The van der Waals surface area contributed by atoms with Gasteiger partial charge in [-0.2, -0.15) is 0 Å². The van der Waals surface area contributed by atoms with E-state index in [0.717, 1.165) is 75.5 Å². The molecule has 0 spiro atoms. The number of rotatable bonds is 25. The summed E-state index contributed by atoms with van der Waals surface area (Å²) in [6.07, 6.45) is 7.82. The standard InChI is InChI=1S/C54H58N12O7S2/c67-42(30-34-15-3-1-4-16-34)55-51-63-59-45(72-51)25-9-10-26-46-60-64-52(73-46)56-43(68)32-36-19-13-20-37(29-36)38-21-14-22-39(33-38)49(70)40-23-7-8-24-41(40)50(71)58-54-66-62-48(75-54)28-12-11-27-47-61-65-53(74-47)57-44(69)31-35-17-5-2-6-18-35/h1-6,13-22,29,33,40-41,44,49,69-70H,7-12,23-28,30-32H2,(H,57,65)(H,55,63,67)(H,56,64,68)(H,58,66,71)/t40-,41-,44?,49?/m1/s1.